The van der Waals surface area contributed by atoms with E-state index in [2.05, 4.69) is 15.0 Å². The second-order valence-electron chi connectivity index (χ2n) is 8.57. The number of amides is 1. The van der Waals surface area contributed by atoms with Crippen molar-refractivity contribution in [3.63, 3.8) is 0 Å². The summed E-state index contributed by atoms with van der Waals surface area (Å²) in [7, 11) is 1.61. The molecule has 0 spiro atoms. The lowest BCUT2D eigenvalue weighted by molar-refractivity contribution is -0.117. The molecular formula is C24H23ClN6O3. The lowest BCUT2D eigenvalue weighted by Crippen LogP contribution is -2.13. The zero-order chi connectivity index (χ0) is 23.9. The third kappa shape index (κ3) is 4.38. The van der Waals surface area contributed by atoms with E-state index in [0.717, 1.165) is 24.1 Å². The number of imidazole rings is 1. The number of ether oxygens (including phenoxy) is 2. The minimum absolute atomic E-state index is 0.103. The molecule has 1 saturated carbocycles. The molecule has 3 aromatic heterocycles. The SMILES string of the molecule is COc1ccnc(Cn2c(-c3ccc(CC(N)=O)cc3Cl)nc3c(OC4(C)CC4)ncnc32)c1. The van der Waals surface area contributed by atoms with Gasteiger partial charge in [0, 0.05) is 17.8 Å². The van der Waals surface area contributed by atoms with Crippen LogP contribution in [0.25, 0.3) is 22.6 Å². The normalized spacial score (nSPS) is 14.2. The molecule has 0 unspecified atom stereocenters. The van der Waals surface area contributed by atoms with Gasteiger partial charge in [-0.3, -0.25) is 9.78 Å². The monoisotopic (exact) mass is 478 g/mol. The van der Waals surface area contributed by atoms with Crippen LogP contribution in [0, 0.1) is 0 Å². The number of rotatable bonds is 8. The zero-order valence-corrected chi connectivity index (χ0v) is 19.5. The van der Waals surface area contributed by atoms with Crippen molar-refractivity contribution in [2.75, 3.05) is 7.11 Å². The number of aromatic nitrogens is 5. The predicted octanol–water partition coefficient (Wildman–Crippen LogP) is 3.56. The third-order valence-corrected chi connectivity index (χ3v) is 6.10. The van der Waals surface area contributed by atoms with Crippen LogP contribution in [0.4, 0.5) is 0 Å². The molecule has 0 aliphatic heterocycles. The van der Waals surface area contributed by atoms with Gasteiger partial charge in [-0.1, -0.05) is 17.7 Å². The predicted molar refractivity (Wildman–Crippen MR) is 127 cm³/mol. The molecule has 4 aromatic rings. The second-order valence-corrected chi connectivity index (χ2v) is 8.98. The zero-order valence-electron chi connectivity index (χ0n) is 18.8. The summed E-state index contributed by atoms with van der Waals surface area (Å²) in [6.45, 7) is 2.42. The minimum atomic E-state index is -0.425. The highest BCUT2D eigenvalue weighted by molar-refractivity contribution is 6.33. The summed E-state index contributed by atoms with van der Waals surface area (Å²) in [5, 5.41) is 0.443. The number of pyridine rings is 1. The number of benzene rings is 1. The van der Waals surface area contributed by atoms with Crippen molar-refractivity contribution < 1.29 is 14.3 Å². The summed E-state index contributed by atoms with van der Waals surface area (Å²) < 4.78 is 13.4. The lowest BCUT2D eigenvalue weighted by Gasteiger charge is -2.12. The molecule has 1 aliphatic rings. The van der Waals surface area contributed by atoms with E-state index in [4.69, 9.17) is 31.8 Å². The van der Waals surface area contributed by atoms with Crippen LogP contribution >= 0.6 is 11.6 Å². The van der Waals surface area contributed by atoms with Gasteiger partial charge in [0.1, 0.15) is 23.5 Å². The molecule has 1 amide bonds. The van der Waals surface area contributed by atoms with E-state index < -0.39 is 5.91 Å². The lowest BCUT2D eigenvalue weighted by atomic mass is 10.1. The van der Waals surface area contributed by atoms with Crippen LogP contribution in [0.5, 0.6) is 11.6 Å². The smallest absolute Gasteiger partial charge is 0.245 e. The Morgan fingerprint density at radius 1 is 1.21 bits per heavy atom. The maximum atomic E-state index is 11.3. The Morgan fingerprint density at radius 2 is 2.03 bits per heavy atom. The van der Waals surface area contributed by atoms with Crippen molar-refractivity contribution in [1.82, 2.24) is 24.5 Å². The number of nitrogens with zero attached hydrogens (tertiary/aromatic N) is 5. The highest BCUT2D eigenvalue weighted by atomic mass is 35.5. The summed E-state index contributed by atoms with van der Waals surface area (Å²) in [4.78, 5) is 29.5. The first kappa shape index (κ1) is 22.1. The van der Waals surface area contributed by atoms with Crippen LogP contribution in [0.2, 0.25) is 5.02 Å². The Hall–Kier alpha value is -3.72. The van der Waals surface area contributed by atoms with Gasteiger partial charge in [0.05, 0.1) is 30.8 Å². The maximum absolute atomic E-state index is 11.3. The highest BCUT2D eigenvalue weighted by Gasteiger charge is 2.41. The molecule has 10 heteroatoms. The van der Waals surface area contributed by atoms with Crippen LogP contribution in [-0.4, -0.2) is 43.1 Å². The molecule has 1 fully saturated rings. The van der Waals surface area contributed by atoms with Gasteiger partial charge in [0.2, 0.25) is 11.8 Å². The molecule has 174 valence electrons. The van der Waals surface area contributed by atoms with Gasteiger partial charge < -0.3 is 19.8 Å². The van der Waals surface area contributed by atoms with Crippen LogP contribution in [0.3, 0.4) is 0 Å². The average Bonchev–Trinajstić information content (AvgIpc) is 3.42. The van der Waals surface area contributed by atoms with Crippen LogP contribution in [0.15, 0.2) is 42.9 Å². The molecule has 0 radical (unpaired) electrons. The first-order valence-electron chi connectivity index (χ1n) is 10.8. The number of nitrogens with two attached hydrogens (primary N) is 1. The molecular weight excluding hydrogens is 456 g/mol. The molecule has 5 rings (SSSR count). The first-order valence-corrected chi connectivity index (χ1v) is 11.2. The summed E-state index contributed by atoms with van der Waals surface area (Å²) in [5.74, 6) is 1.29. The van der Waals surface area contributed by atoms with E-state index in [-0.39, 0.29) is 12.0 Å². The number of primary amides is 1. The number of halogens is 1. The third-order valence-electron chi connectivity index (χ3n) is 5.79. The quantitative estimate of drug-likeness (QED) is 0.411. The summed E-state index contributed by atoms with van der Waals surface area (Å²) in [6.07, 6.45) is 5.20. The number of hydrogen-bond donors (Lipinski definition) is 1. The number of carbonyl (C=O) groups is 1. The fourth-order valence-corrected chi connectivity index (χ4v) is 4.03. The molecule has 2 N–H and O–H groups in total. The van der Waals surface area contributed by atoms with Gasteiger partial charge in [0.25, 0.3) is 0 Å². The van der Waals surface area contributed by atoms with Crippen LogP contribution in [-0.2, 0) is 17.8 Å². The van der Waals surface area contributed by atoms with Gasteiger partial charge >= 0.3 is 0 Å². The Kier molecular flexibility index (Phi) is 5.57. The van der Waals surface area contributed by atoms with Gasteiger partial charge in [-0.25, -0.2) is 9.97 Å². The number of hydrogen-bond acceptors (Lipinski definition) is 7. The fourth-order valence-electron chi connectivity index (χ4n) is 3.74. The largest absolute Gasteiger partial charge is 0.497 e. The maximum Gasteiger partial charge on any atom is 0.245 e. The topological polar surface area (TPSA) is 118 Å². The van der Waals surface area contributed by atoms with E-state index in [1.807, 2.05) is 29.7 Å². The van der Waals surface area contributed by atoms with E-state index in [9.17, 15) is 4.79 Å². The molecule has 0 saturated heterocycles. The van der Waals surface area contributed by atoms with Crippen LogP contribution in [0.1, 0.15) is 31.0 Å². The first-order chi connectivity index (χ1) is 16.3. The second kappa shape index (κ2) is 8.57. The van der Waals surface area contributed by atoms with Gasteiger partial charge in [-0.15, -0.1) is 0 Å². The number of carbonyl (C=O) groups excluding carboxylic acids is 1. The number of methoxy groups -OCH3 is 1. The molecule has 0 bridgehead atoms. The van der Waals surface area contributed by atoms with Crippen molar-refractivity contribution in [3.8, 4) is 23.0 Å². The molecule has 1 aliphatic carbocycles. The van der Waals surface area contributed by atoms with Crippen molar-refractivity contribution >= 4 is 28.7 Å². The average molecular weight is 479 g/mol. The molecule has 1 aromatic carbocycles. The Labute approximate surface area is 200 Å². The summed E-state index contributed by atoms with van der Waals surface area (Å²) in [6, 6.07) is 9.01. The Bertz CT molecular complexity index is 1400. The van der Waals surface area contributed by atoms with Gasteiger partial charge in [-0.05, 0) is 43.5 Å². The van der Waals surface area contributed by atoms with Crippen molar-refractivity contribution in [2.45, 2.75) is 38.3 Å². The van der Waals surface area contributed by atoms with Crippen molar-refractivity contribution in [1.29, 1.82) is 0 Å². The van der Waals surface area contributed by atoms with Gasteiger partial charge in [0.15, 0.2) is 11.2 Å². The molecule has 3 heterocycles. The molecule has 34 heavy (non-hydrogen) atoms. The summed E-state index contributed by atoms with van der Waals surface area (Å²) in [5.41, 5.74) is 8.42. The van der Waals surface area contributed by atoms with E-state index in [1.165, 1.54) is 6.33 Å². The highest BCUT2D eigenvalue weighted by Crippen LogP contribution is 2.41. The fraction of sp³-hybridized carbons (Fsp3) is 0.292. The minimum Gasteiger partial charge on any atom is -0.497 e. The van der Waals surface area contributed by atoms with Crippen molar-refractivity contribution in [2.24, 2.45) is 5.73 Å². The Balaban J connectivity index is 1.65. The Morgan fingerprint density at radius 3 is 2.74 bits per heavy atom. The van der Waals surface area contributed by atoms with E-state index >= 15 is 0 Å². The molecule has 9 nitrogen and oxygen atoms in total. The van der Waals surface area contributed by atoms with Gasteiger partial charge in [-0.2, -0.15) is 4.98 Å². The number of fused-ring (bicyclic) bond motifs is 1. The summed E-state index contributed by atoms with van der Waals surface area (Å²) >= 11 is 6.65. The van der Waals surface area contributed by atoms with E-state index in [0.29, 0.717) is 45.7 Å². The standard InChI is InChI=1S/C24H23ClN6O3/c1-24(6-7-24)34-23-20-22(28-13-29-23)31(12-15-11-16(33-2)5-8-27-15)21(30-20)17-4-3-14(9-18(17)25)10-19(26)32/h3-5,8-9,11,13H,6-7,10,12H2,1-2H3,(H2,26,32). The van der Waals surface area contributed by atoms with Crippen LogP contribution < -0.4 is 15.2 Å². The molecule has 0 atom stereocenters. The van der Waals surface area contributed by atoms with E-state index in [1.54, 1.807) is 25.4 Å². The van der Waals surface area contributed by atoms with Crippen molar-refractivity contribution in [3.05, 3.63) is 59.1 Å².